The van der Waals surface area contributed by atoms with Crippen molar-refractivity contribution in [1.29, 1.82) is 0 Å². The molecule has 2 heteroatoms. The Morgan fingerprint density at radius 3 is 2.73 bits per heavy atom. The van der Waals surface area contributed by atoms with Gasteiger partial charge in [-0.2, -0.15) is 0 Å². The Kier molecular flexibility index (Phi) is 3.34. The third-order valence-corrected chi connectivity index (χ3v) is 2.39. The first-order valence-corrected chi connectivity index (χ1v) is 4.58. The molecule has 3 atom stereocenters. The molecular weight excluding hydrogens is 138 g/mol. The van der Waals surface area contributed by atoms with Crippen LogP contribution in [0, 0.1) is 5.92 Å². The normalized spacial score (nSPS) is 34.1. The van der Waals surface area contributed by atoms with E-state index in [0.29, 0.717) is 18.1 Å². The van der Waals surface area contributed by atoms with Crippen LogP contribution in [-0.4, -0.2) is 18.8 Å². The van der Waals surface area contributed by atoms with Crippen molar-refractivity contribution in [2.75, 3.05) is 6.54 Å². The monoisotopic (exact) mass is 157 g/mol. The summed E-state index contributed by atoms with van der Waals surface area (Å²) in [5, 5.41) is 0. The van der Waals surface area contributed by atoms with E-state index in [-0.39, 0.29) is 0 Å². The van der Waals surface area contributed by atoms with Gasteiger partial charge in [-0.25, -0.2) is 0 Å². The molecule has 1 aliphatic rings. The molecule has 0 spiro atoms. The number of ether oxygens (including phenoxy) is 1. The topological polar surface area (TPSA) is 35.2 Å². The lowest BCUT2D eigenvalue weighted by atomic mass is 10.0. The van der Waals surface area contributed by atoms with Gasteiger partial charge >= 0.3 is 0 Å². The summed E-state index contributed by atoms with van der Waals surface area (Å²) in [6.07, 6.45) is 4.56. The van der Waals surface area contributed by atoms with Crippen molar-refractivity contribution in [3.05, 3.63) is 0 Å². The van der Waals surface area contributed by atoms with E-state index in [1.807, 2.05) is 0 Å². The maximum Gasteiger partial charge on any atom is 0.0582 e. The largest absolute Gasteiger partial charge is 0.375 e. The Bertz CT molecular complexity index is 116. The summed E-state index contributed by atoms with van der Waals surface area (Å²) in [7, 11) is 0. The van der Waals surface area contributed by atoms with Crippen molar-refractivity contribution in [3.8, 4) is 0 Å². The van der Waals surface area contributed by atoms with Gasteiger partial charge in [0, 0.05) is 0 Å². The zero-order valence-corrected chi connectivity index (χ0v) is 7.55. The summed E-state index contributed by atoms with van der Waals surface area (Å²) in [5.74, 6) is 0.616. The summed E-state index contributed by atoms with van der Waals surface area (Å²) in [5.41, 5.74) is 5.53. The first-order valence-electron chi connectivity index (χ1n) is 4.58. The van der Waals surface area contributed by atoms with Gasteiger partial charge in [-0.05, 0) is 38.6 Å². The van der Waals surface area contributed by atoms with Gasteiger partial charge in [0.1, 0.15) is 0 Å². The van der Waals surface area contributed by atoms with Gasteiger partial charge in [-0.3, -0.25) is 0 Å². The zero-order valence-electron chi connectivity index (χ0n) is 7.55. The van der Waals surface area contributed by atoms with Crippen molar-refractivity contribution in [2.45, 2.75) is 45.3 Å². The fraction of sp³-hybridized carbons (Fsp3) is 1.00. The van der Waals surface area contributed by atoms with E-state index in [0.717, 1.165) is 13.0 Å². The number of hydrogen-bond donors (Lipinski definition) is 1. The van der Waals surface area contributed by atoms with Crippen LogP contribution in [0.3, 0.4) is 0 Å². The second-order valence-electron chi connectivity index (χ2n) is 3.72. The smallest absolute Gasteiger partial charge is 0.0582 e. The molecule has 0 amide bonds. The van der Waals surface area contributed by atoms with Crippen molar-refractivity contribution in [2.24, 2.45) is 11.7 Å². The van der Waals surface area contributed by atoms with Crippen LogP contribution in [0.25, 0.3) is 0 Å². The average Bonchev–Trinajstić information content (AvgIpc) is 2.35. The second kappa shape index (κ2) is 4.07. The number of nitrogens with two attached hydrogens (primary N) is 1. The van der Waals surface area contributed by atoms with Crippen LogP contribution in [0.5, 0.6) is 0 Å². The molecule has 2 nitrogen and oxygen atoms in total. The highest BCUT2D eigenvalue weighted by molar-refractivity contribution is 4.72. The lowest BCUT2D eigenvalue weighted by Crippen LogP contribution is -2.18. The van der Waals surface area contributed by atoms with E-state index < -0.39 is 0 Å². The highest BCUT2D eigenvalue weighted by Crippen LogP contribution is 2.23. The van der Waals surface area contributed by atoms with Crippen molar-refractivity contribution < 1.29 is 4.74 Å². The Morgan fingerprint density at radius 2 is 2.27 bits per heavy atom. The molecule has 0 aromatic carbocycles. The van der Waals surface area contributed by atoms with Crippen LogP contribution in [-0.2, 0) is 4.74 Å². The second-order valence-corrected chi connectivity index (χ2v) is 3.72. The molecule has 0 aliphatic carbocycles. The van der Waals surface area contributed by atoms with Crippen molar-refractivity contribution in [3.63, 3.8) is 0 Å². The molecule has 66 valence electrons. The van der Waals surface area contributed by atoms with Gasteiger partial charge in [0.25, 0.3) is 0 Å². The SMILES string of the molecule is CC(CN)CC1CCC(C)O1. The van der Waals surface area contributed by atoms with Gasteiger partial charge in [0.05, 0.1) is 12.2 Å². The summed E-state index contributed by atoms with van der Waals surface area (Å²) in [6.45, 7) is 5.12. The summed E-state index contributed by atoms with van der Waals surface area (Å²) >= 11 is 0. The Labute approximate surface area is 69.1 Å². The minimum absolute atomic E-state index is 0.477. The zero-order chi connectivity index (χ0) is 8.27. The van der Waals surface area contributed by atoms with E-state index in [2.05, 4.69) is 13.8 Å². The summed E-state index contributed by atoms with van der Waals surface area (Å²) in [4.78, 5) is 0. The molecule has 0 aromatic rings. The molecule has 0 aromatic heterocycles. The van der Waals surface area contributed by atoms with Gasteiger partial charge in [-0.15, -0.1) is 0 Å². The Balaban J connectivity index is 2.17. The van der Waals surface area contributed by atoms with E-state index in [1.54, 1.807) is 0 Å². The first-order chi connectivity index (χ1) is 5.22. The van der Waals surface area contributed by atoms with Crippen molar-refractivity contribution >= 4 is 0 Å². The van der Waals surface area contributed by atoms with E-state index in [4.69, 9.17) is 10.5 Å². The van der Waals surface area contributed by atoms with Crippen LogP contribution in [0.15, 0.2) is 0 Å². The Hall–Kier alpha value is -0.0800. The third kappa shape index (κ3) is 2.80. The summed E-state index contributed by atoms with van der Waals surface area (Å²) < 4.78 is 5.68. The molecule has 0 saturated carbocycles. The molecule has 2 N–H and O–H groups in total. The van der Waals surface area contributed by atoms with E-state index in [9.17, 15) is 0 Å². The van der Waals surface area contributed by atoms with Gasteiger partial charge in [0.15, 0.2) is 0 Å². The quantitative estimate of drug-likeness (QED) is 0.674. The minimum atomic E-state index is 0.477. The highest BCUT2D eigenvalue weighted by atomic mass is 16.5. The lowest BCUT2D eigenvalue weighted by Gasteiger charge is -2.14. The van der Waals surface area contributed by atoms with E-state index in [1.165, 1.54) is 12.8 Å². The highest BCUT2D eigenvalue weighted by Gasteiger charge is 2.22. The molecule has 0 bridgehead atoms. The minimum Gasteiger partial charge on any atom is -0.375 e. The molecule has 1 rings (SSSR count). The van der Waals surface area contributed by atoms with Crippen LogP contribution in [0.4, 0.5) is 0 Å². The van der Waals surface area contributed by atoms with Crippen LogP contribution < -0.4 is 5.73 Å². The van der Waals surface area contributed by atoms with Gasteiger partial charge in [0.2, 0.25) is 0 Å². The Morgan fingerprint density at radius 1 is 1.55 bits per heavy atom. The number of hydrogen-bond acceptors (Lipinski definition) is 2. The lowest BCUT2D eigenvalue weighted by molar-refractivity contribution is 0.0430. The van der Waals surface area contributed by atoms with Crippen molar-refractivity contribution in [1.82, 2.24) is 0 Å². The molecular formula is C9H19NO. The molecule has 1 heterocycles. The van der Waals surface area contributed by atoms with Crippen LogP contribution in [0.2, 0.25) is 0 Å². The summed E-state index contributed by atoms with van der Waals surface area (Å²) in [6, 6.07) is 0. The number of rotatable bonds is 3. The maximum absolute atomic E-state index is 5.68. The fourth-order valence-electron chi connectivity index (χ4n) is 1.60. The first kappa shape index (κ1) is 9.01. The molecule has 1 saturated heterocycles. The molecule has 0 radical (unpaired) electrons. The predicted molar refractivity (Wildman–Crippen MR) is 46.4 cm³/mol. The molecule has 11 heavy (non-hydrogen) atoms. The molecule has 1 fully saturated rings. The van der Waals surface area contributed by atoms with Gasteiger partial charge in [-0.1, -0.05) is 6.92 Å². The van der Waals surface area contributed by atoms with E-state index >= 15 is 0 Å². The average molecular weight is 157 g/mol. The predicted octanol–water partition coefficient (Wildman–Crippen LogP) is 1.54. The standard InChI is InChI=1S/C9H19NO/c1-7(6-10)5-9-4-3-8(2)11-9/h7-9H,3-6,10H2,1-2H3. The fourth-order valence-corrected chi connectivity index (χ4v) is 1.60. The van der Waals surface area contributed by atoms with Crippen LogP contribution >= 0.6 is 0 Å². The van der Waals surface area contributed by atoms with Gasteiger partial charge < -0.3 is 10.5 Å². The third-order valence-electron chi connectivity index (χ3n) is 2.39. The molecule has 1 aliphatic heterocycles. The maximum atomic E-state index is 5.68. The molecule has 3 unspecified atom stereocenters. The van der Waals surface area contributed by atoms with Crippen LogP contribution in [0.1, 0.15) is 33.1 Å².